The van der Waals surface area contributed by atoms with Gasteiger partial charge in [-0.1, -0.05) is 28.1 Å². The zero-order chi connectivity index (χ0) is 13.7. The minimum atomic E-state index is -0.0679. The van der Waals surface area contributed by atoms with Crippen molar-refractivity contribution < 1.29 is 4.79 Å². The van der Waals surface area contributed by atoms with Gasteiger partial charge in [0.15, 0.2) is 0 Å². The van der Waals surface area contributed by atoms with Gasteiger partial charge in [0.25, 0.3) is 0 Å². The molecule has 100 valence electrons. The maximum absolute atomic E-state index is 11.2. The lowest BCUT2D eigenvalue weighted by atomic mass is 10.2. The number of carbonyl (C=O) groups is 1. The molecule has 0 spiro atoms. The molecule has 0 bridgehead atoms. The summed E-state index contributed by atoms with van der Waals surface area (Å²) in [5.74, 6) is -0.0679. The SMILES string of the molecule is CNC(=O)Cn1cc(NCc2cccc(Br)c2)cn1. The van der Waals surface area contributed by atoms with E-state index in [2.05, 4.69) is 37.7 Å². The van der Waals surface area contributed by atoms with Gasteiger partial charge in [0.1, 0.15) is 6.54 Å². The van der Waals surface area contributed by atoms with Crippen LogP contribution in [0.15, 0.2) is 41.1 Å². The van der Waals surface area contributed by atoms with E-state index in [-0.39, 0.29) is 12.5 Å². The number of nitrogens with one attached hydrogen (secondary N) is 2. The summed E-state index contributed by atoms with van der Waals surface area (Å²) >= 11 is 3.44. The molecule has 0 saturated carbocycles. The van der Waals surface area contributed by atoms with Gasteiger partial charge >= 0.3 is 0 Å². The molecule has 2 N–H and O–H groups in total. The van der Waals surface area contributed by atoms with Crippen LogP contribution in [0.3, 0.4) is 0 Å². The van der Waals surface area contributed by atoms with Crippen LogP contribution in [0.25, 0.3) is 0 Å². The van der Waals surface area contributed by atoms with Crippen molar-refractivity contribution in [2.24, 2.45) is 0 Å². The van der Waals surface area contributed by atoms with E-state index >= 15 is 0 Å². The lowest BCUT2D eigenvalue weighted by Gasteiger charge is -2.04. The molecule has 0 aliphatic heterocycles. The predicted octanol–water partition coefficient (Wildman–Crippen LogP) is 2.00. The lowest BCUT2D eigenvalue weighted by molar-refractivity contribution is -0.121. The molecule has 0 aliphatic rings. The number of rotatable bonds is 5. The Kier molecular flexibility index (Phi) is 4.57. The molecule has 0 atom stereocenters. The molecule has 1 heterocycles. The molecule has 5 nitrogen and oxygen atoms in total. The van der Waals surface area contributed by atoms with Gasteiger partial charge in [0.2, 0.25) is 5.91 Å². The smallest absolute Gasteiger partial charge is 0.241 e. The molecule has 0 radical (unpaired) electrons. The van der Waals surface area contributed by atoms with E-state index < -0.39 is 0 Å². The van der Waals surface area contributed by atoms with Crippen molar-refractivity contribution in [1.29, 1.82) is 0 Å². The Bertz CT molecular complexity index is 567. The van der Waals surface area contributed by atoms with E-state index in [1.54, 1.807) is 17.9 Å². The van der Waals surface area contributed by atoms with E-state index in [0.29, 0.717) is 6.54 Å². The Morgan fingerprint density at radius 2 is 2.32 bits per heavy atom. The van der Waals surface area contributed by atoms with E-state index in [4.69, 9.17) is 0 Å². The molecule has 0 aliphatic carbocycles. The largest absolute Gasteiger partial charge is 0.378 e. The van der Waals surface area contributed by atoms with Crippen LogP contribution >= 0.6 is 15.9 Å². The van der Waals surface area contributed by atoms with Crippen molar-refractivity contribution >= 4 is 27.5 Å². The molecule has 2 aromatic rings. The summed E-state index contributed by atoms with van der Waals surface area (Å²) in [5, 5.41) is 9.94. The first-order valence-corrected chi connectivity index (χ1v) is 6.68. The monoisotopic (exact) mass is 322 g/mol. The number of halogens is 1. The number of likely N-dealkylation sites (N-methyl/N-ethyl adjacent to an activating group) is 1. The second kappa shape index (κ2) is 6.38. The summed E-state index contributed by atoms with van der Waals surface area (Å²) < 4.78 is 2.66. The highest BCUT2D eigenvalue weighted by molar-refractivity contribution is 9.10. The molecule has 0 fully saturated rings. The highest BCUT2D eigenvalue weighted by Crippen LogP contribution is 2.13. The third-order valence-electron chi connectivity index (χ3n) is 2.60. The van der Waals surface area contributed by atoms with Gasteiger partial charge in [-0.05, 0) is 17.7 Å². The summed E-state index contributed by atoms with van der Waals surface area (Å²) in [5.41, 5.74) is 2.07. The first-order valence-electron chi connectivity index (χ1n) is 5.89. The highest BCUT2D eigenvalue weighted by Gasteiger charge is 2.02. The molecule has 19 heavy (non-hydrogen) atoms. The van der Waals surface area contributed by atoms with E-state index in [1.807, 2.05) is 24.4 Å². The number of carbonyl (C=O) groups excluding carboxylic acids is 1. The van der Waals surface area contributed by atoms with Crippen LogP contribution in [0.1, 0.15) is 5.56 Å². The Hall–Kier alpha value is -1.82. The number of hydrogen-bond acceptors (Lipinski definition) is 3. The topological polar surface area (TPSA) is 59.0 Å². The normalized spacial score (nSPS) is 10.2. The second-order valence-corrected chi connectivity index (χ2v) is 5.00. The number of nitrogens with zero attached hydrogens (tertiary/aromatic N) is 2. The summed E-state index contributed by atoms with van der Waals surface area (Å²) in [6.45, 7) is 0.945. The van der Waals surface area contributed by atoms with Crippen LogP contribution in [0.4, 0.5) is 5.69 Å². The molecule has 1 aromatic carbocycles. The van der Waals surface area contributed by atoms with Gasteiger partial charge in [-0.25, -0.2) is 0 Å². The Morgan fingerprint density at radius 1 is 1.47 bits per heavy atom. The minimum absolute atomic E-state index is 0.0679. The summed E-state index contributed by atoms with van der Waals surface area (Å²) in [6, 6.07) is 8.09. The summed E-state index contributed by atoms with van der Waals surface area (Å²) in [6.07, 6.45) is 3.52. The summed E-state index contributed by atoms with van der Waals surface area (Å²) in [4.78, 5) is 11.2. The number of benzene rings is 1. The van der Waals surface area contributed by atoms with Gasteiger partial charge in [0.05, 0.1) is 11.9 Å². The molecule has 1 aromatic heterocycles. The Morgan fingerprint density at radius 3 is 3.05 bits per heavy atom. The summed E-state index contributed by atoms with van der Waals surface area (Å²) in [7, 11) is 1.61. The molecule has 1 amide bonds. The second-order valence-electron chi connectivity index (χ2n) is 4.08. The van der Waals surface area contributed by atoms with Crippen molar-refractivity contribution in [3.63, 3.8) is 0 Å². The Labute approximate surface area is 120 Å². The lowest BCUT2D eigenvalue weighted by Crippen LogP contribution is -2.23. The molecular weight excluding hydrogens is 308 g/mol. The molecular formula is C13H15BrN4O. The molecule has 6 heteroatoms. The maximum atomic E-state index is 11.2. The molecule has 2 rings (SSSR count). The zero-order valence-electron chi connectivity index (χ0n) is 10.6. The zero-order valence-corrected chi connectivity index (χ0v) is 12.1. The fourth-order valence-corrected chi connectivity index (χ4v) is 2.07. The van der Waals surface area contributed by atoms with Crippen molar-refractivity contribution in [3.8, 4) is 0 Å². The van der Waals surface area contributed by atoms with Gasteiger partial charge in [0, 0.05) is 24.3 Å². The third-order valence-corrected chi connectivity index (χ3v) is 3.10. The standard InChI is InChI=1S/C13H15BrN4O/c1-15-13(19)9-18-8-12(7-17-18)16-6-10-3-2-4-11(14)5-10/h2-5,7-8,16H,6,9H2,1H3,(H,15,19). The fourth-order valence-electron chi connectivity index (χ4n) is 1.62. The van der Waals surface area contributed by atoms with Crippen molar-refractivity contribution in [3.05, 3.63) is 46.7 Å². The van der Waals surface area contributed by atoms with Gasteiger partial charge < -0.3 is 10.6 Å². The van der Waals surface area contributed by atoms with E-state index in [9.17, 15) is 4.79 Å². The van der Waals surface area contributed by atoms with Crippen molar-refractivity contribution in [1.82, 2.24) is 15.1 Å². The van der Waals surface area contributed by atoms with E-state index in [0.717, 1.165) is 10.2 Å². The third kappa shape index (κ3) is 4.10. The van der Waals surface area contributed by atoms with E-state index in [1.165, 1.54) is 5.56 Å². The van der Waals surface area contributed by atoms with Crippen LogP contribution in [-0.4, -0.2) is 22.7 Å². The van der Waals surface area contributed by atoms with Crippen LogP contribution < -0.4 is 10.6 Å². The Balaban J connectivity index is 1.91. The van der Waals surface area contributed by atoms with Crippen LogP contribution in [0.2, 0.25) is 0 Å². The first kappa shape index (κ1) is 13.6. The van der Waals surface area contributed by atoms with Crippen molar-refractivity contribution in [2.45, 2.75) is 13.1 Å². The van der Waals surface area contributed by atoms with Gasteiger partial charge in [-0.15, -0.1) is 0 Å². The molecule has 0 saturated heterocycles. The van der Waals surface area contributed by atoms with Crippen LogP contribution in [0.5, 0.6) is 0 Å². The number of amides is 1. The van der Waals surface area contributed by atoms with Gasteiger partial charge in [-0.3, -0.25) is 9.48 Å². The number of aromatic nitrogens is 2. The quantitative estimate of drug-likeness (QED) is 0.885. The minimum Gasteiger partial charge on any atom is -0.378 e. The maximum Gasteiger partial charge on any atom is 0.241 e. The van der Waals surface area contributed by atoms with Crippen LogP contribution in [-0.2, 0) is 17.9 Å². The average molecular weight is 323 g/mol. The average Bonchev–Trinajstić information content (AvgIpc) is 2.84. The number of anilines is 1. The highest BCUT2D eigenvalue weighted by atomic mass is 79.9. The molecule has 0 unspecified atom stereocenters. The van der Waals surface area contributed by atoms with Gasteiger partial charge in [-0.2, -0.15) is 5.10 Å². The predicted molar refractivity (Wildman–Crippen MR) is 77.8 cm³/mol. The fraction of sp³-hybridized carbons (Fsp3) is 0.231. The number of hydrogen-bond donors (Lipinski definition) is 2. The first-order chi connectivity index (χ1) is 9.17. The van der Waals surface area contributed by atoms with Crippen molar-refractivity contribution in [2.75, 3.05) is 12.4 Å². The van der Waals surface area contributed by atoms with Crippen LogP contribution in [0, 0.1) is 0 Å².